The van der Waals surface area contributed by atoms with Crippen LogP contribution in [0.4, 0.5) is 4.39 Å². The summed E-state index contributed by atoms with van der Waals surface area (Å²) in [7, 11) is 1.52. The van der Waals surface area contributed by atoms with Crippen LogP contribution in [0.1, 0.15) is 17.3 Å². The molecule has 5 heteroatoms. The molecule has 2 aromatic rings. The van der Waals surface area contributed by atoms with Crippen molar-refractivity contribution in [1.29, 1.82) is 0 Å². The first-order valence-corrected chi connectivity index (χ1v) is 5.07. The maximum absolute atomic E-state index is 13.2. The second-order valence-electron chi connectivity index (χ2n) is 3.50. The summed E-state index contributed by atoms with van der Waals surface area (Å²) in [6, 6.07) is 5.38. The fourth-order valence-electron chi connectivity index (χ4n) is 1.59. The molecule has 1 unspecified atom stereocenters. The Balaban J connectivity index is 2.43. The van der Waals surface area contributed by atoms with Gasteiger partial charge in [0, 0.05) is 11.8 Å². The van der Waals surface area contributed by atoms with Crippen LogP contribution >= 0.6 is 0 Å². The molecular weight excluding hydrogens is 221 g/mol. The van der Waals surface area contributed by atoms with Crippen LogP contribution in [0.3, 0.4) is 0 Å². The van der Waals surface area contributed by atoms with Crippen LogP contribution in [0.15, 0.2) is 36.8 Å². The third-order valence-corrected chi connectivity index (χ3v) is 2.45. The second kappa shape index (κ2) is 4.88. The van der Waals surface area contributed by atoms with E-state index < -0.39 is 6.04 Å². The highest BCUT2D eigenvalue weighted by Crippen LogP contribution is 2.27. The van der Waals surface area contributed by atoms with Crippen LogP contribution in [0.25, 0.3) is 0 Å². The van der Waals surface area contributed by atoms with Crippen molar-refractivity contribution in [2.75, 3.05) is 7.11 Å². The molecule has 17 heavy (non-hydrogen) atoms. The van der Waals surface area contributed by atoms with Crippen molar-refractivity contribution in [2.45, 2.75) is 6.04 Å². The van der Waals surface area contributed by atoms with Gasteiger partial charge in [-0.3, -0.25) is 0 Å². The van der Waals surface area contributed by atoms with E-state index in [9.17, 15) is 4.39 Å². The molecule has 0 saturated heterocycles. The Kier molecular flexibility index (Phi) is 3.30. The molecule has 1 aromatic heterocycles. The van der Waals surface area contributed by atoms with Crippen molar-refractivity contribution in [3.05, 3.63) is 53.9 Å². The Morgan fingerprint density at radius 2 is 2.18 bits per heavy atom. The van der Waals surface area contributed by atoms with E-state index in [0.29, 0.717) is 17.0 Å². The van der Waals surface area contributed by atoms with Gasteiger partial charge in [0.2, 0.25) is 0 Å². The van der Waals surface area contributed by atoms with E-state index in [2.05, 4.69) is 9.97 Å². The standard InChI is InChI=1S/C12H12FN3O/c1-17-11-3-2-8(13)6-9(11)12(14)10-4-5-15-7-16-10/h2-7,12H,14H2,1H3. The quantitative estimate of drug-likeness (QED) is 0.876. The highest BCUT2D eigenvalue weighted by Gasteiger charge is 2.15. The van der Waals surface area contributed by atoms with Crippen molar-refractivity contribution in [1.82, 2.24) is 9.97 Å². The molecule has 0 fully saturated rings. The monoisotopic (exact) mass is 233 g/mol. The van der Waals surface area contributed by atoms with Gasteiger partial charge in [-0.25, -0.2) is 14.4 Å². The van der Waals surface area contributed by atoms with Crippen LogP contribution in [0.5, 0.6) is 5.75 Å². The number of ether oxygens (including phenoxy) is 1. The average Bonchev–Trinajstić information content (AvgIpc) is 2.39. The first-order chi connectivity index (χ1) is 8.22. The molecule has 1 heterocycles. The predicted octanol–water partition coefficient (Wildman–Crippen LogP) is 1.67. The number of nitrogens with two attached hydrogens (primary N) is 1. The highest BCUT2D eigenvalue weighted by atomic mass is 19.1. The smallest absolute Gasteiger partial charge is 0.124 e. The molecule has 0 aliphatic rings. The van der Waals surface area contributed by atoms with Crippen molar-refractivity contribution in [3.8, 4) is 5.75 Å². The van der Waals surface area contributed by atoms with Gasteiger partial charge in [0.05, 0.1) is 18.8 Å². The molecule has 1 atom stereocenters. The molecule has 88 valence electrons. The van der Waals surface area contributed by atoms with Gasteiger partial charge in [-0.1, -0.05) is 0 Å². The van der Waals surface area contributed by atoms with Crippen molar-refractivity contribution in [2.24, 2.45) is 5.73 Å². The molecule has 0 saturated carbocycles. The number of rotatable bonds is 3. The van der Waals surface area contributed by atoms with Gasteiger partial charge in [-0.2, -0.15) is 0 Å². The van der Waals surface area contributed by atoms with E-state index in [1.807, 2.05) is 0 Å². The average molecular weight is 233 g/mol. The summed E-state index contributed by atoms with van der Waals surface area (Å²) >= 11 is 0. The van der Waals surface area contributed by atoms with Crippen LogP contribution in [-0.2, 0) is 0 Å². The van der Waals surface area contributed by atoms with E-state index in [1.165, 1.54) is 25.6 Å². The number of nitrogens with zero attached hydrogens (tertiary/aromatic N) is 2. The van der Waals surface area contributed by atoms with Gasteiger partial charge in [-0.05, 0) is 24.3 Å². The van der Waals surface area contributed by atoms with Crippen LogP contribution in [0.2, 0.25) is 0 Å². The summed E-state index contributed by atoms with van der Waals surface area (Å²) in [6.07, 6.45) is 2.99. The Bertz CT molecular complexity index is 504. The molecular formula is C12H12FN3O. The number of halogens is 1. The first kappa shape index (κ1) is 11.5. The number of hydrogen-bond acceptors (Lipinski definition) is 4. The van der Waals surface area contributed by atoms with Crippen LogP contribution in [-0.4, -0.2) is 17.1 Å². The van der Waals surface area contributed by atoms with Gasteiger partial charge >= 0.3 is 0 Å². The number of methoxy groups -OCH3 is 1. The van der Waals surface area contributed by atoms with E-state index >= 15 is 0 Å². The molecule has 0 spiro atoms. The topological polar surface area (TPSA) is 61.0 Å². The van der Waals surface area contributed by atoms with Gasteiger partial charge < -0.3 is 10.5 Å². The zero-order chi connectivity index (χ0) is 12.3. The van der Waals surface area contributed by atoms with Crippen molar-refractivity contribution in [3.63, 3.8) is 0 Å². The predicted molar refractivity (Wildman–Crippen MR) is 61.0 cm³/mol. The van der Waals surface area contributed by atoms with Crippen molar-refractivity contribution >= 4 is 0 Å². The lowest BCUT2D eigenvalue weighted by atomic mass is 10.0. The molecule has 0 aliphatic heterocycles. The fraction of sp³-hybridized carbons (Fsp3) is 0.167. The minimum absolute atomic E-state index is 0.356. The summed E-state index contributed by atoms with van der Waals surface area (Å²) in [6.45, 7) is 0. The molecule has 2 N–H and O–H groups in total. The van der Waals surface area contributed by atoms with E-state index in [-0.39, 0.29) is 5.82 Å². The molecule has 0 bridgehead atoms. The molecule has 0 amide bonds. The van der Waals surface area contributed by atoms with Gasteiger partial charge in [0.15, 0.2) is 0 Å². The minimum atomic E-state index is -0.538. The third-order valence-electron chi connectivity index (χ3n) is 2.45. The van der Waals surface area contributed by atoms with Crippen molar-refractivity contribution < 1.29 is 9.13 Å². The minimum Gasteiger partial charge on any atom is -0.496 e. The third kappa shape index (κ3) is 2.39. The first-order valence-electron chi connectivity index (χ1n) is 5.07. The molecule has 0 aliphatic carbocycles. The zero-order valence-electron chi connectivity index (χ0n) is 9.30. The highest BCUT2D eigenvalue weighted by molar-refractivity contribution is 5.39. The zero-order valence-corrected chi connectivity index (χ0v) is 9.30. The normalized spacial score (nSPS) is 12.2. The maximum atomic E-state index is 13.2. The molecule has 1 aromatic carbocycles. The maximum Gasteiger partial charge on any atom is 0.124 e. The lowest BCUT2D eigenvalue weighted by Gasteiger charge is -2.15. The summed E-state index contributed by atoms with van der Waals surface area (Å²) in [4.78, 5) is 7.86. The Hall–Kier alpha value is -2.01. The summed E-state index contributed by atoms with van der Waals surface area (Å²) < 4.78 is 18.4. The number of benzene rings is 1. The Morgan fingerprint density at radius 1 is 1.35 bits per heavy atom. The number of hydrogen-bond donors (Lipinski definition) is 1. The number of aromatic nitrogens is 2. The van der Waals surface area contributed by atoms with Gasteiger partial charge in [0.25, 0.3) is 0 Å². The van der Waals surface area contributed by atoms with E-state index in [1.54, 1.807) is 18.3 Å². The van der Waals surface area contributed by atoms with Gasteiger partial charge in [-0.15, -0.1) is 0 Å². The second-order valence-corrected chi connectivity index (χ2v) is 3.50. The fourth-order valence-corrected chi connectivity index (χ4v) is 1.59. The Morgan fingerprint density at radius 3 is 2.82 bits per heavy atom. The Labute approximate surface area is 98.3 Å². The summed E-state index contributed by atoms with van der Waals surface area (Å²) in [5, 5.41) is 0. The lowest BCUT2D eigenvalue weighted by molar-refractivity contribution is 0.406. The van der Waals surface area contributed by atoms with Crippen LogP contribution in [0, 0.1) is 5.82 Å². The SMILES string of the molecule is COc1ccc(F)cc1C(N)c1ccncn1. The summed E-state index contributed by atoms with van der Waals surface area (Å²) in [5.74, 6) is 0.183. The van der Waals surface area contributed by atoms with Gasteiger partial charge in [0.1, 0.15) is 17.9 Å². The van der Waals surface area contributed by atoms with E-state index in [4.69, 9.17) is 10.5 Å². The largest absolute Gasteiger partial charge is 0.496 e. The molecule has 2 rings (SSSR count). The lowest BCUT2D eigenvalue weighted by Crippen LogP contribution is -2.15. The molecule has 4 nitrogen and oxygen atoms in total. The van der Waals surface area contributed by atoms with E-state index in [0.717, 1.165) is 0 Å². The molecule has 0 radical (unpaired) electrons. The van der Waals surface area contributed by atoms with Crippen LogP contribution < -0.4 is 10.5 Å². The summed E-state index contributed by atoms with van der Waals surface area (Å²) in [5.41, 5.74) is 7.20.